The van der Waals surface area contributed by atoms with E-state index in [1.54, 1.807) is 11.0 Å². The zero-order chi connectivity index (χ0) is 8.10. The molecule has 1 rings (SSSR count). The maximum absolute atomic E-state index is 5.54. The Hall–Kier alpha value is -0.570. The molecular weight excluding hydrogens is 162 g/mol. The lowest BCUT2D eigenvalue weighted by atomic mass is 10.2. The van der Waals surface area contributed by atoms with Crippen LogP contribution < -0.4 is 0 Å². The number of halogens is 1. The average Bonchev–Trinajstić information content (AvgIpc) is 2.37. The Kier molecular flexibility index (Phi) is 3.36. The van der Waals surface area contributed by atoms with Gasteiger partial charge in [0.1, 0.15) is 12.2 Å². The van der Waals surface area contributed by atoms with E-state index in [-0.39, 0.29) is 0 Å². The summed E-state index contributed by atoms with van der Waals surface area (Å²) < 4.78 is 1.80. The van der Waals surface area contributed by atoms with Gasteiger partial charge in [0.15, 0.2) is 0 Å². The van der Waals surface area contributed by atoms with Crippen LogP contribution in [0.15, 0.2) is 6.33 Å². The highest BCUT2D eigenvalue weighted by atomic mass is 35.5. The second-order valence-corrected chi connectivity index (χ2v) is 2.82. The summed E-state index contributed by atoms with van der Waals surface area (Å²) >= 11 is 5.54. The lowest BCUT2D eigenvalue weighted by molar-refractivity contribution is 0.666. The first-order valence-corrected chi connectivity index (χ1v) is 4.27. The fourth-order valence-electron chi connectivity index (χ4n) is 0.924. The lowest BCUT2D eigenvalue weighted by Gasteiger charge is -1.97. The van der Waals surface area contributed by atoms with E-state index in [2.05, 4.69) is 10.1 Å². The maximum atomic E-state index is 5.54. The number of rotatable bonds is 4. The van der Waals surface area contributed by atoms with Crippen LogP contribution in [0, 0.1) is 0 Å². The molecule has 1 heterocycles. The quantitative estimate of drug-likeness (QED) is 0.509. The van der Waals surface area contributed by atoms with Crippen molar-refractivity contribution >= 4 is 11.6 Å². The van der Waals surface area contributed by atoms with Crippen LogP contribution in [0.3, 0.4) is 0 Å². The second-order valence-electron chi connectivity index (χ2n) is 2.45. The monoisotopic (exact) mass is 173 g/mol. The fraction of sp³-hybridized carbons (Fsp3) is 0.714. The first kappa shape index (κ1) is 8.53. The Morgan fingerprint density at radius 3 is 2.91 bits per heavy atom. The van der Waals surface area contributed by atoms with Crippen LogP contribution >= 0.6 is 11.6 Å². The SMILES string of the molecule is Cn1ncnc1CCCCCl. The number of hydrogen-bond acceptors (Lipinski definition) is 2. The first-order valence-electron chi connectivity index (χ1n) is 3.73. The van der Waals surface area contributed by atoms with Crippen LogP contribution in [0.2, 0.25) is 0 Å². The highest BCUT2D eigenvalue weighted by Gasteiger charge is 1.98. The fourth-order valence-corrected chi connectivity index (χ4v) is 1.11. The van der Waals surface area contributed by atoms with Crippen molar-refractivity contribution in [2.75, 3.05) is 5.88 Å². The van der Waals surface area contributed by atoms with E-state index in [0.717, 1.165) is 31.0 Å². The molecular formula is C7H12ClN3. The number of nitrogens with zero attached hydrogens (tertiary/aromatic N) is 3. The predicted molar refractivity (Wildman–Crippen MR) is 44.7 cm³/mol. The Bertz CT molecular complexity index is 209. The molecule has 0 amide bonds. The van der Waals surface area contributed by atoms with Crippen molar-refractivity contribution in [3.8, 4) is 0 Å². The third-order valence-corrected chi connectivity index (χ3v) is 1.86. The van der Waals surface area contributed by atoms with Gasteiger partial charge in [-0.1, -0.05) is 0 Å². The zero-order valence-electron chi connectivity index (χ0n) is 6.63. The number of alkyl halides is 1. The number of hydrogen-bond donors (Lipinski definition) is 0. The smallest absolute Gasteiger partial charge is 0.138 e. The van der Waals surface area contributed by atoms with Crippen LogP contribution in [0.1, 0.15) is 18.7 Å². The summed E-state index contributed by atoms with van der Waals surface area (Å²) in [5.74, 6) is 1.77. The summed E-state index contributed by atoms with van der Waals surface area (Å²) in [5.41, 5.74) is 0. The molecule has 3 nitrogen and oxygen atoms in total. The van der Waals surface area contributed by atoms with Gasteiger partial charge in [-0.15, -0.1) is 11.6 Å². The number of aromatic nitrogens is 3. The topological polar surface area (TPSA) is 30.7 Å². The van der Waals surface area contributed by atoms with Crippen molar-refractivity contribution in [1.29, 1.82) is 0 Å². The van der Waals surface area contributed by atoms with Crippen molar-refractivity contribution in [2.45, 2.75) is 19.3 Å². The lowest BCUT2D eigenvalue weighted by Crippen LogP contribution is -1.99. The average molecular weight is 174 g/mol. The maximum Gasteiger partial charge on any atom is 0.138 e. The van der Waals surface area contributed by atoms with Crippen molar-refractivity contribution in [1.82, 2.24) is 14.8 Å². The third kappa shape index (κ3) is 2.50. The van der Waals surface area contributed by atoms with Crippen LogP contribution in [-0.4, -0.2) is 20.6 Å². The Balaban J connectivity index is 2.32. The molecule has 0 aliphatic carbocycles. The summed E-state index contributed by atoms with van der Waals surface area (Å²) in [4.78, 5) is 4.10. The van der Waals surface area contributed by atoms with Gasteiger partial charge in [0.25, 0.3) is 0 Å². The van der Waals surface area contributed by atoms with Crippen molar-refractivity contribution in [3.05, 3.63) is 12.2 Å². The molecule has 1 aromatic rings. The van der Waals surface area contributed by atoms with Crippen LogP contribution in [-0.2, 0) is 13.5 Å². The molecule has 0 atom stereocenters. The van der Waals surface area contributed by atoms with Crippen molar-refractivity contribution in [3.63, 3.8) is 0 Å². The molecule has 0 spiro atoms. The summed E-state index contributed by atoms with van der Waals surface area (Å²) in [6.07, 6.45) is 4.70. The Labute approximate surface area is 71.4 Å². The van der Waals surface area contributed by atoms with Crippen LogP contribution in [0.4, 0.5) is 0 Å². The molecule has 11 heavy (non-hydrogen) atoms. The minimum Gasteiger partial charge on any atom is -0.253 e. The zero-order valence-corrected chi connectivity index (χ0v) is 7.38. The molecule has 1 aromatic heterocycles. The van der Waals surface area contributed by atoms with Crippen molar-refractivity contribution < 1.29 is 0 Å². The summed E-state index contributed by atoms with van der Waals surface area (Å²) in [5, 5.41) is 3.97. The van der Waals surface area contributed by atoms with Gasteiger partial charge < -0.3 is 0 Å². The summed E-state index contributed by atoms with van der Waals surface area (Å²) in [6, 6.07) is 0. The van der Waals surface area contributed by atoms with Gasteiger partial charge >= 0.3 is 0 Å². The van der Waals surface area contributed by atoms with E-state index in [1.807, 2.05) is 7.05 Å². The molecule has 0 fully saturated rings. The highest BCUT2D eigenvalue weighted by molar-refractivity contribution is 6.17. The van der Waals surface area contributed by atoms with Gasteiger partial charge in [0.2, 0.25) is 0 Å². The predicted octanol–water partition coefficient (Wildman–Crippen LogP) is 1.38. The van der Waals surface area contributed by atoms with E-state index < -0.39 is 0 Å². The Morgan fingerprint density at radius 1 is 1.55 bits per heavy atom. The van der Waals surface area contributed by atoms with Gasteiger partial charge in [-0.05, 0) is 12.8 Å². The molecule has 4 heteroatoms. The first-order chi connectivity index (χ1) is 5.34. The normalized spacial score (nSPS) is 10.4. The molecule has 0 saturated heterocycles. The number of aryl methyl sites for hydroxylation is 2. The van der Waals surface area contributed by atoms with Gasteiger partial charge in [0, 0.05) is 19.3 Å². The molecule has 0 bridgehead atoms. The van der Waals surface area contributed by atoms with E-state index in [0.29, 0.717) is 0 Å². The van der Waals surface area contributed by atoms with E-state index in [4.69, 9.17) is 11.6 Å². The number of unbranched alkanes of at least 4 members (excludes halogenated alkanes) is 1. The van der Waals surface area contributed by atoms with Crippen LogP contribution in [0.5, 0.6) is 0 Å². The molecule has 0 aromatic carbocycles. The van der Waals surface area contributed by atoms with Crippen molar-refractivity contribution in [2.24, 2.45) is 7.05 Å². The Morgan fingerprint density at radius 2 is 2.36 bits per heavy atom. The van der Waals surface area contributed by atoms with Gasteiger partial charge in [-0.3, -0.25) is 4.68 Å². The van der Waals surface area contributed by atoms with Gasteiger partial charge in [-0.25, -0.2) is 4.98 Å². The third-order valence-electron chi connectivity index (χ3n) is 1.59. The molecule has 62 valence electrons. The molecule has 0 aliphatic rings. The van der Waals surface area contributed by atoms with Crippen LogP contribution in [0.25, 0.3) is 0 Å². The molecule has 0 saturated carbocycles. The van der Waals surface area contributed by atoms with E-state index in [9.17, 15) is 0 Å². The summed E-state index contributed by atoms with van der Waals surface area (Å²) in [7, 11) is 1.91. The molecule has 0 radical (unpaired) electrons. The highest BCUT2D eigenvalue weighted by Crippen LogP contribution is 2.00. The standard InChI is InChI=1S/C7H12ClN3/c1-11-7(9-6-10-11)4-2-3-5-8/h6H,2-5H2,1H3. The minimum absolute atomic E-state index is 0.734. The largest absolute Gasteiger partial charge is 0.253 e. The minimum atomic E-state index is 0.734. The van der Waals surface area contributed by atoms with E-state index >= 15 is 0 Å². The second kappa shape index (κ2) is 4.34. The van der Waals surface area contributed by atoms with E-state index in [1.165, 1.54) is 0 Å². The summed E-state index contributed by atoms with van der Waals surface area (Å²) in [6.45, 7) is 0. The molecule has 0 unspecified atom stereocenters. The molecule has 0 N–H and O–H groups in total. The molecule has 0 aliphatic heterocycles. The van der Waals surface area contributed by atoms with Gasteiger partial charge in [-0.2, -0.15) is 5.10 Å². The van der Waals surface area contributed by atoms with Gasteiger partial charge in [0.05, 0.1) is 0 Å².